The second kappa shape index (κ2) is 2.98. The zero-order valence-corrected chi connectivity index (χ0v) is 7.14. The highest BCUT2D eigenvalue weighted by molar-refractivity contribution is 7.94. The molecule has 1 aromatic carbocycles. The van der Waals surface area contributed by atoms with Gasteiger partial charge in [0.1, 0.15) is 0 Å². The standard InChI is InChI=1S/C8H8NO2S/c1-2-12(10,11)8-6-4-3-5-7(8)9/h2-6,9H,1H2. The van der Waals surface area contributed by atoms with E-state index < -0.39 is 9.84 Å². The van der Waals surface area contributed by atoms with Gasteiger partial charge in [-0.2, -0.15) is 0 Å². The van der Waals surface area contributed by atoms with E-state index in [4.69, 9.17) is 5.73 Å². The number of sulfone groups is 1. The summed E-state index contributed by atoms with van der Waals surface area (Å²) in [5.41, 5.74) is 7.30. The van der Waals surface area contributed by atoms with Gasteiger partial charge >= 0.3 is 0 Å². The number of benzene rings is 1. The maximum Gasteiger partial charge on any atom is 0.201 e. The molecule has 0 unspecified atom stereocenters. The Morgan fingerprint density at radius 2 is 1.92 bits per heavy atom. The van der Waals surface area contributed by atoms with Crippen LogP contribution in [0.5, 0.6) is 0 Å². The number of hydrogen-bond donors (Lipinski definition) is 0. The van der Waals surface area contributed by atoms with E-state index in [1.54, 1.807) is 12.1 Å². The van der Waals surface area contributed by atoms with Crippen molar-refractivity contribution in [2.24, 2.45) is 0 Å². The second-order valence-corrected chi connectivity index (χ2v) is 4.07. The maximum absolute atomic E-state index is 11.2. The lowest BCUT2D eigenvalue weighted by Crippen LogP contribution is -1.96. The second-order valence-electron chi connectivity index (χ2n) is 2.21. The molecule has 4 heteroatoms. The van der Waals surface area contributed by atoms with Crippen molar-refractivity contribution in [3.8, 4) is 0 Å². The van der Waals surface area contributed by atoms with Gasteiger partial charge in [-0.1, -0.05) is 18.7 Å². The van der Waals surface area contributed by atoms with Crippen LogP contribution in [0.4, 0.5) is 5.69 Å². The lowest BCUT2D eigenvalue weighted by Gasteiger charge is -2.00. The summed E-state index contributed by atoms with van der Waals surface area (Å²) >= 11 is 0. The average molecular weight is 182 g/mol. The molecule has 0 atom stereocenters. The molecule has 1 radical (unpaired) electrons. The minimum atomic E-state index is -3.45. The molecular formula is C8H8NO2S. The summed E-state index contributed by atoms with van der Waals surface area (Å²) in [6, 6.07) is 6.01. The lowest BCUT2D eigenvalue weighted by atomic mass is 10.3. The topological polar surface area (TPSA) is 57.9 Å². The zero-order chi connectivity index (χ0) is 9.19. The summed E-state index contributed by atoms with van der Waals surface area (Å²) in [4.78, 5) is 0.000000000000000666. The zero-order valence-electron chi connectivity index (χ0n) is 6.32. The molecule has 0 aliphatic rings. The van der Waals surface area contributed by atoms with Gasteiger partial charge in [-0.3, -0.25) is 5.73 Å². The Balaban J connectivity index is 3.39. The van der Waals surface area contributed by atoms with Crippen molar-refractivity contribution in [3.63, 3.8) is 0 Å². The van der Waals surface area contributed by atoms with Crippen molar-refractivity contribution in [2.75, 3.05) is 0 Å². The third-order valence-electron chi connectivity index (χ3n) is 1.41. The number of nitrogens with one attached hydrogen (secondary N) is 1. The van der Waals surface area contributed by atoms with Crippen molar-refractivity contribution in [3.05, 3.63) is 36.3 Å². The van der Waals surface area contributed by atoms with E-state index in [9.17, 15) is 8.42 Å². The third kappa shape index (κ3) is 1.48. The number of rotatable bonds is 2. The summed E-state index contributed by atoms with van der Waals surface area (Å²) in [5, 5.41) is 0.848. The largest absolute Gasteiger partial charge is 0.300 e. The summed E-state index contributed by atoms with van der Waals surface area (Å²) in [6.45, 7) is 3.18. The molecule has 0 saturated heterocycles. The highest BCUT2D eigenvalue weighted by atomic mass is 32.2. The molecule has 0 heterocycles. The Morgan fingerprint density at radius 3 is 2.42 bits per heavy atom. The molecule has 0 aliphatic heterocycles. The Bertz CT molecular complexity index is 395. The Labute approximate surface area is 71.4 Å². The molecule has 12 heavy (non-hydrogen) atoms. The highest BCUT2D eigenvalue weighted by Gasteiger charge is 2.11. The van der Waals surface area contributed by atoms with Crippen LogP contribution < -0.4 is 5.73 Å². The van der Waals surface area contributed by atoms with Gasteiger partial charge in [0.05, 0.1) is 10.6 Å². The monoisotopic (exact) mass is 182 g/mol. The first-order chi connectivity index (χ1) is 5.58. The molecule has 63 valence electrons. The van der Waals surface area contributed by atoms with Crippen molar-refractivity contribution in [1.82, 2.24) is 5.73 Å². The summed E-state index contributed by atoms with van der Waals surface area (Å²) in [6.07, 6.45) is 0. The SMILES string of the molecule is C=CS(=O)(=O)c1ccccc1[NH]. The van der Waals surface area contributed by atoms with Crippen LogP contribution in [0.2, 0.25) is 0 Å². The van der Waals surface area contributed by atoms with Gasteiger partial charge in [0.25, 0.3) is 0 Å². The van der Waals surface area contributed by atoms with Gasteiger partial charge in [-0.25, -0.2) is 8.42 Å². The van der Waals surface area contributed by atoms with Crippen molar-refractivity contribution >= 4 is 15.5 Å². The molecule has 0 aliphatic carbocycles. The fourth-order valence-electron chi connectivity index (χ4n) is 0.805. The summed E-state index contributed by atoms with van der Waals surface area (Å²) in [5.74, 6) is 0. The van der Waals surface area contributed by atoms with Crippen molar-refractivity contribution in [2.45, 2.75) is 4.90 Å². The minimum Gasteiger partial charge on any atom is -0.300 e. The predicted molar refractivity (Wildman–Crippen MR) is 46.6 cm³/mol. The molecular weight excluding hydrogens is 174 g/mol. The minimum absolute atomic E-state index is 0.000000000000000666. The van der Waals surface area contributed by atoms with Crippen LogP contribution in [0.1, 0.15) is 0 Å². The van der Waals surface area contributed by atoms with Gasteiger partial charge in [0, 0.05) is 5.41 Å². The first-order valence-electron chi connectivity index (χ1n) is 3.26. The van der Waals surface area contributed by atoms with Gasteiger partial charge in [-0.05, 0) is 12.1 Å². The molecule has 3 nitrogen and oxygen atoms in total. The first-order valence-corrected chi connectivity index (χ1v) is 4.81. The molecule has 1 N–H and O–H groups in total. The van der Waals surface area contributed by atoms with Crippen molar-refractivity contribution in [1.29, 1.82) is 0 Å². The van der Waals surface area contributed by atoms with E-state index in [-0.39, 0.29) is 10.6 Å². The molecule has 1 rings (SSSR count). The molecule has 0 spiro atoms. The molecule has 1 aromatic rings. The summed E-state index contributed by atoms with van der Waals surface area (Å²) < 4.78 is 22.4. The predicted octanol–water partition coefficient (Wildman–Crippen LogP) is 1.52. The van der Waals surface area contributed by atoms with E-state index in [0.29, 0.717) is 0 Å². The van der Waals surface area contributed by atoms with E-state index in [1.165, 1.54) is 12.1 Å². The van der Waals surface area contributed by atoms with Crippen molar-refractivity contribution < 1.29 is 8.42 Å². The van der Waals surface area contributed by atoms with Crippen LogP contribution >= 0.6 is 0 Å². The smallest absolute Gasteiger partial charge is 0.201 e. The molecule has 0 amide bonds. The van der Waals surface area contributed by atoms with E-state index >= 15 is 0 Å². The highest BCUT2D eigenvalue weighted by Crippen LogP contribution is 2.19. The van der Waals surface area contributed by atoms with Gasteiger partial charge < -0.3 is 0 Å². The normalized spacial score (nSPS) is 11.0. The van der Waals surface area contributed by atoms with E-state index in [1.807, 2.05) is 0 Å². The fraction of sp³-hybridized carbons (Fsp3) is 0. The van der Waals surface area contributed by atoms with Gasteiger partial charge in [0.15, 0.2) is 0 Å². The third-order valence-corrected chi connectivity index (χ3v) is 2.82. The quantitative estimate of drug-likeness (QED) is 0.696. The summed E-state index contributed by atoms with van der Waals surface area (Å²) in [7, 11) is -3.45. The fourth-order valence-corrected chi connectivity index (χ4v) is 1.63. The number of hydrogen-bond acceptors (Lipinski definition) is 2. The van der Waals surface area contributed by atoms with Crippen LogP contribution in [-0.4, -0.2) is 8.42 Å². The maximum atomic E-state index is 11.2. The average Bonchev–Trinajstić information content (AvgIpc) is 2.05. The Morgan fingerprint density at radius 1 is 1.33 bits per heavy atom. The van der Waals surface area contributed by atoms with Crippen LogP contribution in [0.25, 0.3) is 0 Å². The van der Waals surface area contributed by atoms with E-state index in [0.717, 1.165) is 5.41 Å². The molecule has 0 fully saturated rings. The van der Waals surface area contributed by atoms with Gasteiger partial charge in [-0.15, -0.1) is 0 Å². The molecule has 0 bridgehead atoms. The van der Waals surface area contributed by atoms with Crippen LogP contribution in [0.3, 0.4) is 0 Å². The lowest BCUT2D eigenvalue weighted by molar-refractivity contribution is 0.605. The molecule has 0 saturated carbocycles. The first kappa shape index (κ1) is 8.80. The molecule has 0 aromatic heterocycles. The van der Waals surface area contributed by atoms with Crippen LogP contribution in [0.15, 0.2) is 41.1 Å². The van der Waals surface area contributed by atoms with Crippen LogP contribution in [0, 0.1) is 0 Å². The van der Waals surface area contributed by atoms with Crippen LogP contribution in [-0.2, 0) is 9.84 Å². The Kier molecular flexibility index (Phi) is 2.19. The van der Waals surface area contributed by atoms with E-state index in [2.05, 4.69) is 6.58 Å². The van der Waals surface area contributed by atoms with Gasteiger partial charge in [0.2, 0.25) is 9.84 Å². The Hall–Kier alpha value is -1.29.